The van der Waals surface area contributed by atoms with Gasteiger partial charge in [0.2, 0.25) is 0 Å². The number of aromatic nitrogens is 2. The number of hydrogen-bond acceptors (Lipinski definition) is 2. The van der Waals surface area contributed by atoms with Gasteiger partial charge in [0, 0.05) is 24.3 Å². The van der Waals surface area contributed by atoms with Crippen molar-refractivity contribution in [1.82, 2.24) is 9.55 Å². The van der Waals surface area contributed by atoms with E-state index in [0.717, 1.165) is 18.6 Å². The Morgan fingerprint density at radius 1 is 1.44 bits per heavy atom. The highest BCUT2D eigenvalue weighted by Gasteiger charge is 2.07. The number of pyridine rings is 1. The van der Waals surface area contributed by atoms with E-state index in [1.165, 1.54) is 23.8 Å². The van der Waals surface area contributed by atoms with Gasteiger partial charge in [-0.05, 0) is 37.1 Å². The van der Waals surface area contributed by atoms with Crippen LogP contribution in [-0.4, -0.2) is 16.1 Å². The van der Waals surface area contributed by atoms with Crippen molar-refractivity contribution in [3.05, 3.63) is 30.1 Å². The van der Waals surface area contributed by atoms with Gasteiger partial charge < -0.3 is 10.3 Å². The fourth-order valence-electron chi connectivity index (χ4n) is 2.05. The first-order valence-corrected chi connectivity index (χ1v) is 5.99. The largest absolute Gasteiger partial charge is 0.332 e. The van der Waals surface area contributed by atoms with Gasteiger partial charge in [-0.1, -0.05) is 13.3 Å². The molecule has 0 amide bonds. The van der Waals surface area contributed by atoms with Crippen LogP contribution in [0.2, 0.25) is 0 Å². The number of nitrogens with zero attached hydrogens (tertiary/aromatic N) is 2. The molecule has 86 valence electrons. The number of unbranched alkanes of at least 4 members (excludes halogenated alkanes) is 1. The van der Waals surface area contributed by atoms with E-state index in [1.54, 1.807) is 0 Å². The lowest BCUT2D eigenvalue weighted by Gasteiger charge is -2.01. The standard InChI is InChI=1S/C13H19N3/c1-2-3-9-16-10-11(6-7-14)12-5-4-8-15-13(12)16/h4-5,8,10H,2-3,6-7,9,14H2,1H3. The minimum absolute atomic E-state index is 0.696. The molecule has 3 heteroatoms. The number of aryl methyl sites for hydroxylation is 1. The maximum absolute atomic E-state index is 5.63. The Morgan fingerprint density at radius 2 is 2.31 bits per heavy atom. The van der Waals surface area contributed by atoms with Crippen molar-refractivity contribution in [2.24, 2.45) is 5.73 Å². The third-order valence-electron chi connectivity index (χ3n) is 2.88. The third-order valence-corrected chi connectivity index (χ3v) is 2.88. The molecule has 0 aliphatic heterocycles. The van der Waals surface area contributed by atoms with Gasteiger partial charge in [0.1, 0.15) is 5.65 Å². The first-order valence-electron chi connectivity index (χ1n) is 5.99. The predicted octanol–water partition coefficient (Wildman–Crippen LogP) is 2.34. The molecule has 0 saturated heterocycles. The van der Waals surface area contributed by atoms with Crippen LogP contribution in [0, 0.1) is 0 Å². The monoisotopic (exact) mass is 217 g/mol. The number of rotatable bonds is 5. The Bertz CT molecular complexity index is 459. The van der Waals surface area contributed by atoms with Gasteiger partial charge in [-0.3, -0.25) is 0 Å². The van der Waals surface area contributed by atoms with Crippen LogP contribution in [0.5, 0.6) is 0 Å². The summed E-state index contributed by atoms with van der Waals surface area (Å²) in [4.78, 5) is 4.46. The molecule has 0 saturated carbocycles. The van der Waals surface area contributed by atoms with Gasteiger partial charge >= 0.3 is 0 Å². The fourth-order valence-corrected chi connectivity index (χ4v) is 2.05. The zero-order valence-electron chi connectivity index (χ0n) is 9.82. The van der Waals surface area contributed by atoms with Gasteiger partial charge in [0.05, 0.1) is 0 Å². The average Bonchev–Trinajstić information content (AvgIpc) is 2.66. The summed E-state index contributed by atoms with van der Waals surface area (Å²) in [6.07, 6.45) is 7.40. The molecule has 2 rings (SSSR count). The normalized spacial score (nSPS) is 11.1. The lowest BCUT2D eigenvalue weighted by molar-refractivity contribution is 0.644. The lowest BCUT2D eigenvalue weighted by atomic mass is 10.2. The van der Waals surface area contributed by atoms with E-state index in [0.29, 0.717) is 6.54 Å². The van der Waals surface area contributed by atoms with Crippen molar-refractivity contribution in [3.8, 4) is 0 Å². The molecule has 2 N–H and O–H groups in total. The van der Waals surface area contributed by atoms with Crippen LogP contribution in [0.25, 0.3) is 11.0 Å². The first-order chi connectivity index (χ1) is 7.86. The van der Waals surface area contributed by atoms with E-state index < -0.39 is 0 Å². The molecule has 0 aliphatic rings. The molecule has 16 heavy (non-hydrogen) atoms. The first kappa shape index (κ1) is 11.1. The van der Waals surface area contributed by atoms with Gasteiger partial charge in [-0.15, -0.1) is 0 Å². The van der Waals surface area contributed by atoms with Gasteiger partial charge in [0.25, 0.3) is 0 Å². The van der Waals surface area contributed by atoms with E-state index in [2.05, 4.69) is 28.7 Å². The van der Waals surface area contributed by atoms with E-state index in [-0.39, 0.29) is 0 Å². The van der Waals surface area contributed by atoms with Crippen molar-refractivity contribution in [3.63, 3.8) is 0 Å². The summed E-state index contributed by atoms with van der Waals surface area (Å²) in [6.45, 7) is 3.95. The van der Waals surface area contributed by atoms with Gasteiger partial charge in [0.15, 0.2) is 0 Å². The van der Waals surface area contributed by atoms with Crippen LogP contribution in [0.1, 0.15) is 25.3 Å². The van der Waals surface area contributed by atoms with Crippen LogP contribution < -0.4 is 5.73 Å². The minimum atomic E-state index is 0.696. The molecule has 2 aromatic rings. The molecule has 2 aromatic heterocycles. The highest BCUT2D eigenvalue weighted by molar-refractivity contribution is 5.80. The van der Waals surface area contributed by atoms with Crippen molar-refractivity contribution in [2.75, 3.05) is 6.54 Å². The SMILES string of the molecule is CCCCn1cc(CCN)c2cccnc21. The Hall–Kier alpha value is -1.35. The molecule has 2 heterocycles. The van der Waals surface area contributed by atoms with Crippen LogP contribution in [0.4, 0.5) is 0 Å². The van der Waals surface area contributed by atoms with Crippen LogP contribution in [0.3, 0.4) is 0 Å². The highest BCUT2D eigenvalue weighted by atomic mass is 15.0. The molecule has 0 fully saturated rings. The molecule has 0 bridgehead atoms. The molecule has 0 aromatic carbocycles. The van der Waals surface area contributed by atoms with Crippen molar-refractivity contribution < 1.29 is 0 Å². The topological polar surface area (TPSA) is 43.8 Å². The molecule has 0 spiro atoms. The van der Waals surface area contributed by atoms with Crippen molar-refractivity contribution in [1.29, 1.82) is 0 Å². The maximum atomic E-state index is 5.63. The zero-order valence-corrected chi connectivity index (χ0v) is 9.82. The molecule has 0 unspecified atom stereocenters. The Kier molecular flexibility index (Phi) is 3.57. The summed E-state index contributed by atoms with van der Waals surface area (Å²) in [5.41, 5.74) is 8.05. The molecule has 0 radical (unpaired) electrons. The molecular weight excluding hydrogens is 198 g/mol. The quantitative estimate of drug-likeness (QED) is 0.835. The van der Waals surface area contributed by atoms with Crippen LogP contribution >= 0.6 is 0 Å². The summed E-state index contributed by atoms with van der Waals surface area (Å²) in [5, 5.41) is 1.25. The summed E-state index contributed by atoms with van der Waals surface area (Å²) in [5.74, 6) is 0. The van der Waals surface area contributed by atoms with Crippen molar-refractivity contribution in [2.45, 2.75) is 32.7 Å². The molecule has 0 aliphatic carbocycles. The zero-order chi connectivity index (χ0) is 11.4. The number of fused-ring (bicyclic) bond motifs is 1. The van der Waals surface area contributed by atoms with E-state index in [4.69, 9.17) is 5.73 Å². The fraction of sp³-hybridized carbons (Fsp3) is 0.462. The smallest absolute Gasteiger partial charge is 0.140 e. The average molecular weight is 217 g/mol. The third kappa shape index (κ3) is 2.09. The van der Waals surface area contributed by atoms with Crippen molar-refractivity contribution >= 4 is 11.0 Å². The second kappa shape index (κ2) is 5.12. The second-order valence-electron chi connectivity index (χ2n) is 4.11. The Balaban J connectivity index is 2.40. The summed E-state index contributed by atoms with van der Waals surface area (Å²) in [7, 11) is 0. The second-order valence-corrected chi connectivity index (χ2v) is 4.11. The Morgan fingerprint density at radius 3 is 3.06 bits per heavy atom. The van der Waals surface area contributed by atoms with E-state index in [1.807, 2.05) is 12.3 Å². The van der Waals surface area contributed by atoms with Gasteiger partial charge in [-0.2, -0.15) is 0 Å². The minimum Gasteiger partial charge on any atom is -0.332 e. The summed E-state index contributed by atoms with van der Waals surface area (Å²) in [6, 6.07) is 4.13. The summed E-state index contributed by atoms with van der Waals surface area (Å²) < 4.78 is 2.25. The molecule has 0 atom stereocenters. The molecule has 3 nitrogen and oxygen atoms in total. The predicted molar refractivity (Wildman–Crippen MR) is 67.4 cm³/mol. The van der Waals surface area contributed by atoms with Crippen LogP contribution in [-0.2, 0) is 13.0 Å². The number of hydrogen-bond donors (Lipinski definition) is 1. The van der Waals surface area contributed by atoms with E-state index in [9.17, 15) is 0 Å². The number of nitrogens with two attached hydrogens (primary N) is 1. The summed E-state index contributed by atoms with van der Waals surface area (Å²) >= 11 is 0. The van der Waals surface area contributed by atoms with E-state index >= 15 is 0 Å². The lowest BCUT2D eigenvalue weighted by Crippen LogP contribution is -2.02. The maximum Gasteiger partial charge on any atom is 0.140 e. The highest BCUT2D eigenvalue weighted by Crippen LogP contribution is 2.20. The Labute approximate surface area is 96.3 Å². The van der Waals surface area contributed by atoms with Crippen LogP contribution in [0.15, 0.2) is 24.5 Å². The molecular formula is C13H19N3. The van der Waals surface area contributed by atoms with Gasteiger partial charge in [-0.25, -0.2) is 4.98 Å².